The first-order chi connectivity index (χ1) is 8.58. The Labute approximate surface area is 114 Å². The highest BCUT2D eigenvalue weighted by Gasteiger charge is 2.12. The van der Waals surface area contributed by atoms with E-state index >= 15 is 0 Å². The standard InChI is InChI=1S/C14H14BrFN2/c1-9-4-5-18-8-12(9)14(17)6-10-2-3-11(15)7-13(10)16/h2-5,7-8,14H,6,17H2,1H3. The van der Waals surface area contributed by atoms with E-state index in [1.807, 2.05) is 19.1 Å². The summed E-state index contributed by atoms with van der Waals surface area (Å²) in [6.07, 6.45) is 3.94. The molecule has 0 aliphatic heterocycles. The summed E-state index contributed by atoms with van der Waals surface area (Å²) in [5.41, 5.74) is 8.77. The molecule has 0 radical (unpaired) electrons. The molecule has 4 heteroatoms. The quantitative estimate of drug-likeness (QED) is 0.942. The summed E-state index contributed by atoms with van der Waals surface area (Å²) < 4.78 is 14.5. The number of nitrogens with zero attached hydrogens (tertiary/aromatic N) is 1. The highest BCUT2D eigenvalue weighted by molar-refractivity contribution is 9.10. The Bertz CT molecular complexity index is 557. The van der Waals surface area contributed by atoms with Crippen LogP contribution in [-0.2, 0) is 6.42 Å². The van der Waals surface area contributed by atoms with Crippen LogP contribution in [0, 0.1) is 12.7 Å². The van der Waals surface area contributed by atoms with Gasteiger partial charge in [0.25, 0.3) is 0 Å². The summed E-state index contributed by atoms with van der Waals surface area (Å²) in [6, 6.07) is 6.70. The molecule has 0 fully saturated rings. The number of nitrogens with two attached hydrogens (primary N) is 1. The van der Waals surface area contributed by atoms with E-state index in [0.717, 1.165) is 15.6 Å². The third-order valence-electron chi connectivity index (χ3n) is 2.93. The summed E-state index contributed by atoms with van der Waals surface area (Å²) in [7, 11) is 0. The van der Waals surface area contributed by atoms with E-state index in [2.05, 4.69) is 20.9 Å². The van der Waals surface area contributed by atoms with Gasteiger partial charge in [0.1, 0.15) is 5.82 Å². The lowest BCUT2D eigenvalue weighted by Crippen LogP contribution is -2.15. The van der Waals surface area contributed by atoms with Crippen molar-refractivity contribution in [3.8, 4) is 0 Å². The van der Waals surface area contributed by atoms with Gasteiger partial charge < -0.3 is 5.73 Å². The molecule has 1 heterocycles. The van der Waals surface area contributed by atoms with Gasteiger partial charge in [-0.3, -0.25) is 4.98 Å². The maximum absolute atomic E-state index is 13.7. The summed E-state index contributed by atoms with van der Waals surface area (Å²) in [6.45, 7) is 1.98. The Morgan fingerprint density at radius 1 is 1.39 bits per heavy atom. The minimum absolute atomic E-state index is 0.235. The summed E-state index contributed by atoms with van der Waals surface area (Å²) in [4.78, 5) is 4.06. The number of aromatic nitrogens is 1. The fourth-order valence-electron chi connectivity index (χ4n) is 1.90. The monoisotopic (exact) mass is 308 g/mol. The molecule has 94 valence electrons. The van der Waals surface area contributed by atoms with Crippen molar-refractivity contribution < 1.29 is 4.39 Å². The fourth-order valence-corrected chi connectivity index (χ4v) is 2.23. The van der Waals surface area contributed by atoms with Crippen LogP contribution in [0.2, 0.25) is 0 Å². The Morgan fingerprint density at radius 2 is 2.17 bits per heavy atom. The van der Waals surface area contributed by atoms with Gasteiger partial charge >= 0.3 is 0 Å². The van der Waals surface area contributed by atoms with E-state index in [0.29, 0.717) is 12.0 Å². The topological polar surface area (TPSA) is 38.9 Å². The number of aryl methyl sites for hydroxylation is 1. The molecule has 1 unspecified atom stereocenters. The summed E-state index contributed by atoms with van der Waals surface area (Å²) in [5.74, 6) is -0.235. The molecule has 0 spiro atoms. The lowest BCUT2D eigenvalue weighted by Gasteiger charge is -2.14. The first-order valence-electron chi connectivity index (χ1n) is 5.68. The average Bonchev–Trinajstić information content (AvgIpc) is 2.33. The molecule has 0 bridgehead atoms. The number of halogens is 2. The number of rotatable bonds is 3. The molecule has 1 atom stereocenters. The first kappa shape index (κ1) is 13.2. The molecule has 2 N–H and O–H groups in total. The molecule has 2 nitrogen and oxygen atoms in total. The largest absolute Gasteiger partial charge is 0.324 e. The van der Waals surface area contributed by atoms with Crippen LogP contribution in [0.1, 0.15) is 22.7 Å². The Morgan fingerprint density at radius 3 is 2.83 bits per heavy atom. The fraction of sp³-hybridized carbons (Fsp3) is 0.214. The molecule has 0 amide bonds. The second-order valence-electron chi connectivity index (χ2n) is 4.28. The van der Waals surface area contributed by atoms with Gasteiger partial charge in [-0.15, -0.1) is 0 Å². The molecular formula is C14H14BrFN2. The summed E-state index contributed by atoms with van der Waals surface area (Å²) in [5, 5.41) is 0. The number of pyridine rings is 1. The van der Waals surface area contributed by atoms with Gasteiger partial charge in [-0.05, 0) is 48.2 Å². The van der Waals surface area contributed by atoms with Gasteiger partial charge in [-0.25, -0.2) is 4.39 Å². The number of hydrogen-bond acceptors (Lipinski definition) is 2. The van der Waals surface area contributed by atoms with E-state index in [9.17, 15) is 4.39 Å². The van der Waals surface area contributed by atoms with Crippen molar-refractivity contribution in [3.63, 3.8) is 0 Å². The predicted octanol–water partition coefficient (Wildman–Crippen LogP) is 3.53. The van der Waals surface area contributed by atoms with Crippen LogP contribution in [0.5, 0.6) is 0 Å². The molecule has 18 heavy (non-hydrogen) atoms. The number of hydrogen-bond donors (Lipinski definition) is 1. The van der Waals surface area contributed by atoms with Gasteiger partial charge in [-0.2, -0.15) is 0 Å². The van der Waals surface area contributed by atoms with E-state index in [-0.39, 0.29) is 11.9 Å². The summed E-state index contributed by atoms with van der Waals surface area (Å²) >= 11 is 3.24. The maximum atomic E-state index is 13.7. The van der Waals surface area contributed by atoms with Crippen molar-refractivity contribution in [1.29, 1.82) is 0 Å². The molecule has 1 aromatic carbocycles. The Kier molecular flexibility index (Phi) is 4.09. The van der Waals surface area contributed by atoms with Crippen LogP contribution >= 0.6 is 15.9 Å². The molecule has 1 aromatic heterocycles. The highest BCUT2D eigenvalue weighted by atomic mass is 79.9. The van der Waals surface area contributed by atoms with E-state index in [1.165, 1.54) is 6.07 Å². The lowest BCUT2D eigenvalue weighted by atomic mass is 9.98. The zero-order chi connectivity index (χ0) is 13.1. The Hall–Kier alpha value is -1.26. The van der Waals surface area contributed by atoms with Crippen LogP contribution in [0.15, 0.2) is 41.1 Å². The molecule has 0 saturated heterocycles. The van der Waals surface area contributed by atoms with Gasteiger partial charge in [-0.1, -0.05) is 22.0 Å². The second-order valence-corrected chi connectivity index (χ2v) is 5.19. The molecule has 2 rings (SSSR count). The minimum atomic E-state index is -0.241. The van der Waals surface area contributed by atoms with E-state index < -0.39 is 0 Å². The van der Waals surface area contributed by atoms with Crippen molar-refractivity contribution >= 4 is 15.9 Å². The second kappa shape index (κ2) is 5.59. The van der Waals surface area contributed by atoms with Gasteiger partial charge in [0.15, 0.2) is 0 Å². The molecular weight excluding hydrogens is 295 g/mol. The van der Waals surface area contributed by atoms with E-state index in [1.54, 1.807) is 18.5 Å². The normalized spacial score (nSPS) is 12.4. The third kappa shape index (κ3) is 2.94. The maximum Gasteiger partial charge on any atom is 0.127 e. The van der Waals surface area contributed by atoms with E-state index in [4.69, 9.17) is 5.73 Å². The van der Waals surface area contributed by atoms with Gasteiger partial charge in [0, 0.05) is 22.9 Å². The van der Waals surface area contributed by atoms with Crippen LogP contribution in [-0.4, -0.2) is 4.98 Å². The first-order valence-corrected chi connectivity index (χ1v) is 6.47. The smallest absolute Gasteiger partial charge is 0.127 e. The molecule has 0 aliphatic rings. The number of benzene rings is 1. The van der Waals surface area contributed by atoms with Crippen molar-refractivity contribution in [3.05, 3.63) is 63.6 Å². The third-order valence-corrected chi connectivity index (χ3v) is 3.43. The van der Waals surface area contributed by atoms with Crippen molar-refractivity contribution in [2.24, 2.45) is 5.73 Å². The SMILES string of the molecule is Cc1ccncc1C(N)Cc1ccc(Br)cc1F. The van der Waals surface area contributed by atoms with Crippen molar-refractivity contribution in [2.45, 2.75) is 19.4 Å². The predicted molar refractivity (Wildman–Crippen MR) is 73.7 cm³/mol. The molecule has 0 aliphatic carbocycles. The van der Waals surface area contributed by atoms with Crippen LogP contribution < -0.4 is 5.73 Å². The van der Waals surface area contributed by atoms with Gasteiger partial charge in [0.05, 0.1) is 0 Å². The van der Waals surface area contributed by atoms with Gasteiger partial charge in [0.2, 0.25) is 0 Å². The van der Waals surface area contributed by atoms with Crippen LogP contribution in [0.25, 0.3) is 0 Å². The van der Waals surface area contributed by atoms with Crippen LogP contribution in [0.4, 0.5) is 4.39 Å². The van der Waals surface area contributed by atoms with Crippen molar-refractivity contribution in [1.82, 2.24) is 4.98 Å². The molecule has 2 aromatic rings. The van der Waals surface area contributed by atoms with Crippen molar-refractivity contribution in [2.75, 3.05) is 0 Å². The minimum Gasteiger partial charge on any atom is -0.324 e. The zero-order valence-electron chi connectivity index (χ0n) is 10.0. The zero-order valence-corrected chi connectivity index (χ0v) is 11.6. The lowest BCUT2D eigenvalue weighted by molar-refractivity contribution is 0.591. The average molecular weight is 309 g/mol. The highest BCUT2D eigenvalue weighted by Crippen LogP contribution is 2.22. The van der Waals surface area contributed by atoms with Crippen LogP contribution in [0.3, 0.4) is 0 Å². The Balaban J connectivity index is 2.21. The molecule has 0 saturated carbocycles.